The lowest BCUT2D eigenvalue weighted by molar-refractivity contribution is 0.0383. The Morgan fingerprint density at radius 2 is 1.91 bits per heavy atom. The molecule has 0 radical (unpaired) electrons. The number of benzene rings is 1. The maximum Gasteiger partial charge on any atom is 0.222 e. The molecule has 0 atom stereocenters. The van der Waals surface area contributed by atoms with Crippen LogP contribution in [0.15, 0.2) is 18.2 Å². The Hall–Kier alpha value is -2.38. The van der Waals surface area contributed by atoms with Gasteiger partial charge in [0.2, 0.25) is 5.95 Å². The van der Waals surface area contributed by atoms with E-state index in [0.717, 1.165) is 60.9 Å². The second-order valence-corrected chi connectivity index (χ2v) is 10.3. The zero-order valence-corrected chi connectivity index (χ0v) is 23.2. The summed E-state index contributed by atoms with van der Waals surface area (Å²) >= 11 is 0. The number of nitrogens with zero attached hydrogens (tertiary/aromatic N) is 3. The Labute approximate surface area is 212 Å². The molecule has 0 bridgehead atoms. The molecule has 1 heterocycles. The molecule has 3 N–H and O–H groups in total. The third-order valence-corrected chi connectivity index (χ3v) is 6.64. The molecule has 7 nitrogen and oxygen atoms in total. The van der Waals surface area contributed by atoms with Crippen LogP contribution in [0.4, 0.5) is 11.8 Å². The summed E-state index contributed by atoms with van der Waals surface area (Å²) in [4.78, 5) is 11.3. The number of aryl methyl sites for hydroxylation is 1. The van der Waals surface area contributed by atoms with E-state index in [9.17, 15) is 0 Å². The molecule has 0 saturated heterocycles. The molecule has 35 heavy (non-hydrogen) atoms. The summed E-state index contributed by atoms with van der Waals surface area (Å²) in [7, 11) is 3.90. The standard InChI is InChI=1S/C28H47N5O2/c1-9-10-11-15-30-26-24(21(4)31-27(29)32-26)18-23-13-12-22(17-25(23)34-8)19-33(7)28(5,6)14-16-35-20(2)3/h12-13,17,20H,9-11,14-16,18-19H2,1-8H3,(H3,29,30,31,32). The molecule has 1 aromatic heterocycles. The Morgan fingerprint density at radius 1 is 1.17 bits per heavy atom. The maximum atomic E-state index is 5.96. The van der Waals surface area contributed by atoms with Crippen molar-refractivity contribution in [1.82, 2.24) is 14.9 Å². The summed E-state index contributed by atoms with van der Waals surface area (Å²) in [5.74, 6) is 2.00. The Bertz CT molecular complexity index is 930. The van der Waals surface area contributed by atoms with Crippen LogP contribution in [-0.4, -0.2) is 53.8 Å². The lowest BCUT2D eigenvalue weighted by atomic mass is 9.97. The zero-order valence-electron chi connectivity index (χ0n) is 23.2. The van der Waals surface area contributed by atoms with Gasteiger partial charge in [-0.25, -0.2) is 4.98 Å². The number of methoxy groups -OCH3 is 1. The molecule has 0 aliphatic carbocycles. The van der Waals surface area contributed by atoms with E-state index in [1.54, 1.807) is 7.11 Å². The molecule has 7 heteroatoms. The van der Waals surface area contributed by atoms with Gasteiger partial charge in [-0.2, -0.15) is 4.98 Å². The van der Waals surface area contributed by atoms with Crippen molar-refractivity contribution >= 4 is 11.8 Å². The van der Waals surface area contributed by atoms with Crippen LogP contribution >= 0.6 is 0 Å². The van der Waals surface area contributed by atoms with E-state index in [0.29, 0.717) is 12.4 Å². The van der Waals surface area contributed by atoms with Crippen molar-refractivity contribution < 1.29 is 9.47 Å². The normalized spacial score (nSPS) is 11.9. The Morgan fingerprint density at radius 3 is 2.57 bits per heavy atom. The van der Waals surface area contributed by atoms with Crippen LogP contribution in [0.5, 0.6) is 5.75 Å². The lowest BCUT2D eigenvalue weighted by Gasteiger charge is -2.36. The summed E-state index contributed by atoms with van der Waals surface area (Å²) in [5, 5.41) is 3.48. The molecule has 0 aliphatic rings. The first-order chi connectivity index (χ1) is 16.6. The molecule has 1 aromatic carbocycles. The Kier molecular flexibility index (Phi) is 11.2. The first-order valence-electron chi connectivity index (χ1n) is 12.9. The van der Waals surface area contributed by atoms with Crippen LogP contribution in [0, 0.1) is 6.92 Å². The fourth-order valence-electron chi connectivity index (χ4n) is 4.00. The van der Waals surface area contributed by atoms with Crippen LogP contribution in [0.3, 0.4) is 0 Å². The predicted octanol–water partition coefficient (Wildman–Crippen LogP) is 5.59. The van der Waals surface area contributed by atoms with Gasteiger partial charge in [-0.05, 0) is 71.7 Å². The van der Waals surface area contributed by atoms with E-state index in [1.165, 1.54) is 18.4 Å². The number of hydrogen-bond acceptors (Lipinski definition) is 7. The van der Waals surface area contributed by atoms with Crippen LogP contribution in [0.2, 0.25) is 0 Å². The van der Waals surface area contributed by atoms with E-state index in [-0.39, 0.29) is 11.6 Å². The fourth-order valence-corrected chi connectivity index (χ4v) is 4.00. The van der Waals surface area contributed by atoms with Gasteiger partial charge in [0.05, 0.1) is 13.2 Å². The summed E-state index contributed by atoms with van der Waals surface area (Å²) in [6.45, 7) is 15.3. The third kappa shape index (κ3) is 8.97. The number of hydrogen-bond donors (Lipinski definition) is 2. The van der Waals surface area contributed by atoms with E-state index in [1.807, 2.05) is 6.92 Å². The van der Waals surface area contributed by atoms with Crippen LogP contribution in [0.1, 0.15) is 82.7 Å². The fraction of sp³-hybridized carbons (Fsp3) is 0.643. The molecule has 2 aromatic rings. The SMILES string of the molecule is CCCCCNc1nc(N)nc(C)c1Cc1ccc(CN(C)C(C)(C)CCOC(C)C)cc1OC. The van der Waals surface area contributed by atoms with E-state index >= 15 is 0 Å². The van der Waals surface area contributed by atoms with E-state index in [4.69, 9.17) is 15.2 Å². The molecule has 0 amide bonds. The van der Waals surface area contributed by atoms with Crippen molar-refractivity contribution in [2.24, 2.45) is 0 Å². The van der Waals surface area contributed by atoms with Crippen molar-refractivity contribution in [2.75, 3.05) is 38.4 Å². The number of anilines is 2. The summed E-state index contributed by atoms with van der Waals surface area (Å²) in [6.07, 6.45) is 5.38. The molecule has 2 rings (SSSR count). The van der Waals surface area contributed by atoms with Gasteiger partial charge in [-0.1, -0.05) is 31.9 Å². The molecule has 0 saturated carbocycles. The number of nitrogens with one attached hydrogen (secondary N) is 1. The van der Waals surface area contributed by atoms with Gasteiger partial charge >= 0.3 is 0 Å². The Balaban J connectivity index is 2.17. The quantitative estimate of drug-likeness (QED) is 0.318. The average Bonchev–Trinajstić information content (AvgIpc) is 2.79. The number of rotatable bonds is 15. The second-order valence-electron chi connectivity index (χ2n) is 10.3. The molecule has 0 fully saturated rings. The van der Waals surface area contributed by atoms with Crippen molar-refractivity contribution in [3.05, 3.63) is 40.6 Å². The summed E-state index contributed by atoms with van der Waals surface area (Å²) in [5.41, 5.74) is 10.3. The first kappa shape index (κ1) is 28.9. The molecular formula is C28H47N5O2. The number of nitrogen functional groups attached to an aromatic ring is 1. The number of ether oxygens (including phenoxy) is 2. The smallest absolute Gasteiger partial charge is 0.222 e. The highest BCUT2D eigenvalue weighted by Gasteiger charge is 2.24. The van der Waals surface area contributed by atoms with Gasteiger partial charge in [0.1, 0.15) is 11.6 Å². The zero-order chi connectivity index (χ0) is 26.0. The van der Waals surface area contributed by atoms with Crippen molar-refractivity contribution in [2.45, 2.75) is 91.8 Å². The topological polar surface area (TPSA) is 85.5 Å². The van der Waals surface area contributed by atoms with E-state index < -0.39 is 0 Å². The van der Waals surface area contributed by atoms with Crippen molar-refractivity contribution in [3.8, 4) is 5.75 Å². The minimum atomic E-state index is 0.0254. The molecule has 0 spiro atoms. The highest BCUT2D eigenvalue weighted by atomic mass is 16.5. The summed E-state index contributed by atoms with van der Waals surface area (Å²) in [6, 6.07) is 6.50. The van der Waals surface area contributed by atoms with Gasteiger partial charge < -0.3 is 20.5 Å². The lowest BCUT2D eigenvalue weighted by Crippen LogP contribution is -2.41. The number of nitrogens with two attached hydrogens (primary N) is 1. The first-order valence-corrected chi connectivity index (χ1v) is 12.9. The van der Waals surface area contributed by atoms with Crippen LogP contribution < -0.4 is 15.8 Å². The van der Waals surface area contributed by atoms with Gasteiger partial charge in [0.25, 0.3) is 0 Å². The highest BCUT2D eigenvalue weighted by Crippen LogP contribution is 2.29. The summed E-state index contributed by atoms with van der Waals surface area (Å²) < 4.78 is 11.6. The minimum Gasteiger partial charge on any atom is -0.496 e. The third-order valence-electron chi connectivity index (χ3n) is 6.64. The highest BCUT2D eigenvalue weighted by molar-refractivity contribution is 5.53. The second kappa shape index (κ2) is 13.6. The largest absolute Gasteiger partial charge is 0.496 e. The van der Waals surface area contributed by atoms with E-state index in [2.05, 4.69) is 80.1 Å². The van der Waals surface area contributed by atoms with Gasteiger partial charge in [-0.3, -0.25) is 4.90 Å². The monoisotopic (exact) mass is 485 g/mol. The molecule has 0 aliphatic heterocycles. The van der Waals surface area contributed by atoms with Crippen molar-refractivity contribution in [1.29, 1.82) is 0 Å². The molecular weight excluding hydrogens is 438 g/mol. The average molecular weight is 486 g/mol. The minimum absolute atomic E-state index is 0.0254. The van der Waals surface area contributed by atoms with Gasteiger partial charge in [0.15, 0.2) is 0 Å². The molecule has 196 valence electrons. The number of aromatic nitrogens is 2. The van der Waals surface area contributed by atoms with Gasteiger partial charge in [0, 0.05) is 42.9 Å². The number of unbranched alkanes of at least 4 members (excludes halogenated alkanes) is 2. The van der Waals surface area contributed by atoms with Crippen LogP contribution in [0.25, 0.3) is 0 Å². The molecule has 0 unspecified atom stereocenters. The van der Waals surface area contributed by atoms with Crippen molar-refractivity contribution in [3.63, 3.8) is 0 Å². The van der Waals surface area contributed by atoms with Crippen LogP contribution in [-0.2, 0) is 17.7 Å². The predicted molar refractivity (Wildman–Crippen MR) is 146 cm³/mol. The van der Waals surface area contributed by atoms with Gasteiger partial charge in [-0.15, -0.1) is 0 Å². The maximum absolute atomic E-state index is 5.96.